The highest BCUT2D eigenvalue weighted by Crippen LogP contribution is 2.31. The summed E-state index contributed by atoms with van der Waals surface area (Å²) in [5.74, 6) is 0.400. The quantitative estimate of drug-likeness (QED) is 0.737. The van der Waals surface area contributed by atoms with Crippen molar-refractivity contribution in [2.75, 3.05) is 25.5 Å². The molecule has 24 heavy (non-hydrogen) atoms. The van der Waals surface area contributed by atoms with Gasteiger partial charge >= 0.3 is 5.97 Å². The number of methoxy groups -OCH3 is 1. The summed E-state index contributed by atoms with van der Waals surface area (Å²) in [6, 6.07) is 2.39. The highest BCUT2D eigenvalue weighted by molar-refractivity contribution is 5.91. The molecule has 1 aliphatic rings. The number of hydrogen-bond acceptors (Lipinski definition) is 5. The molecule has 1 N–H and O–H groups in total. The fourth-order valence-corrected chi connectivity index (χ4v) is 3.08. The fourth-order valence-electron chi connectivity index (χ4n) is 3.08. The topological polar surface area (TPSA) is 76.5 Å². The predicted octanol–water partition coefficient (Wildman–Crippen LogP) is 2.21. The number of nitrogens with one attached hydrogen (secondary N) is 1. The summed E-state index contributed by atoms with van der Waals surface area (Å²) < 4.78 is 6.60. The number of carbonyl (C=O) groups is 2. The summed E-state index contributed by atoms with van der Waals surface area (Å²) in [7, 11) is 1.37. The van der Waals surface area contributed by atoms with E-state index in [0.29, 0.717) is 12.6 Å². The van der Waals surface area contributed by atoms with E-state index in [9.17, 15) is 9.59 Å². The third-order valence-corrected chi connectivity index (χ3v) is 4.52. The van der Waals surface area contributed by atoms with Crippen LogP contribution in [0.5, 0.6) is 0 Å². The number of carbonyl (C=O) groups excluding carboxylic acids is 2. The van der Waals surface area contributed by atoms with Crippen molar-refractivity contribution < 1.29 is 14.3 Å². The molecule has 1 aliphatic carbocycles. The van der Waals surface area contributed by atoms with Crippen LogP contribution < -0.4 is 5.32 Å². The zero-order valence-corrected chi connectivity index (χ0v) is 14.8. The van der Waals surface area contributed by atoms with Gasteiger partial charge in [-0.15, -0.1) is 0 Å². The Morgan fingerprint density at radius 3 is 2.75 bits per heavy atom. The van der Waals surface area contributed by atoms with Crippen molar-refractivity contribution in [3.05, 3.63) is 12.3 Å². The number of esters is 1. The molecule has 0 unspecified atom stereocenters. The highest BCUT2D eigenvalue weighted by atomic mass is 16.5. The Morgan fingerprint density at radius 1 is 1.42 bits per heavy atom. The van der Waals surface area contributed by atoms with Crippen LogP contribution in [0.15, 0.2) is 12.3 Å². The van der Waals surface area contributed by atoms with Gasteiger partial charge in [-0.25, -0.2) is 4.68 Å². The van der Waals surface area contributed by atoms with Gasteiger partial charge in [0, 0.05) is 18.7 Å². The molecule has 1 saturated carbocycles. The normalized spacial score (nSPS) is 15.2. The van der Waals surface area contributed by atoms with Crippen LogP contribution in [0.25, 0.3) is 0 Å². The molecule has 1 fully saturated rings. The molecule has 0 aliphatic heterocycles. The maximum atomic E-state index is 12.4. The first-order valence-electron chi connectivity index (χ1n) is 8.65. The number of anilines is 1. The molecule has 0 bridgehead atoms. The molecule has 1 amide bonds. The second-order valence-electron chi connectivity index (χ2n) is 6.54. The largest absolute Gasteiger partial charge is 0.469 e. The van der Waals surface area contributed by atoms with E-state index in [1.807, 2.05) is 29.5 Å². The molecule has 7 heteroatoms. The third-order valence-electron chi connectivity index (χ3n) is 4.52. The van der Waals surface area contributed by atoms with Crippen molar-refractivity contribution in [3.63, 3.8) is 0 Å². The lowest BCUT2D eigenvalue weighted by atomic mass is 10.2. The number of nitrogens with zero attached hydrogens (tertiary/aromatic N) is 3. The van der Waals surface area contributed by atoms with E-state index in [-0.39, 0.29) is 30.9 Å². The molecule has 0 aromatic carbocycles. The molecular formula is C17H28N4O3. The van der Waals surface area contributed by atoms with Gasteiger partial charge in [0.05, 0.1) is 32.3 Å². The van der Waals surface area contributed by atoms with Crippen LogP contribution in [-0.2, 0) is 14.3 Å². The van der Waals surface area contributed by atoms with Crippen molar-refractivity contribution in [3.8, 4) is 0 Å². The molecule has 1 aromatic heterocycles. The molecule has 1 heterocycles. The summed E-state index contributed by atoms with van der Waals surface area (Å²) in [5, 5.41) is 7.32. The monoisotopic (exact) mass is 336 g/mol. The van der Waals surface area contributed by atoms with Crippen LogP contribution >= 0.6 is 0 Å². The molecule has 1 aromatic rings. The van der Waals surface area contributed by atoms with Gasteiger partial charge in [0.2, 0.25) is 5.91 Å². The van der Waals surface area contributed by atoms with Gasteiger partial charge in [-0.3, -0.25) is 14.5 Å². The zero-order valence-electron chi connectivity index (χ0n) is 14.8. The van der Waals surface area contributed by atoms with E-state index < -0.39 is 0 Å². The van der Waals surface area contributed by atoms with E-state index in [1.165, 1.54) is 20.0 Å². The zero-order chi connectivity index (χ0) is 17.5. The second-order valence-corrected chi connectivity index (χ2v) is 6.54. The van der Waals surface area contributed by atoms with Gasteiger partial charge < -0.3 is 10.1 Å². The van der Waals surface area contributed by atoms with Crippen molar-refractivity contribution in [1.29, 1.82) is 0 Å². The number of hydrogen-bond donors (Lipinski definition) is 1. The molecule has 7 nitrogen and oxygen atoms in total. The van der Waals surface area contributed by atoms with Crippen LogP contribution in [0.4, 0.5) is 5.82 Å². The van der Waals surface area contributed by atoms with Gasteiger partial charge in [-0.1, -0.05) is 12.8 Å². The third kappa shape index (κ3) is 5.06. The van der Waals surface area contributed by atoms with Crippen molar-refractivity contribution in [2.24, 2.45) is 0 Å². The van der Waals surface area contributed by atoms with Gasteiger partial charge in [-0.2, -0.15) is 5.10 Å². The summed E-state index contributed by atoms with van der Waals surface area (Å²) in [6.07, 6.45) is 6.66. The Bertz CT molecular complexity index is 550. The van der Waals surface area contributed by atoms with E-state index >= 15 is 0 Å². The van der Waals surface area contributed by atoms with Gasteiger partial charge in [0.1, 0.15) is 5.82 Å². The van der Waals surface area contributed by atoms with Crippen molar-refractivity contribution >= 4 is 17.7 Å². The Kier molecular flexibility index (Phi) is 6.78. The Morgan fingerprint density at radius 2 is 2.12 bits per heavy atom. The standard InChI is InChI=1S/C17H28N4O3/c1-13(2)20(11-9-17(23)24-3)12-16(22)19-15-8-10-18-21(15)14-6-4-5-7-14/h8,10,13-14H,4-7,9,11-12H2,1-3H3,(H,19,22). The fraction of sp³-hybridized carbons (Fsp3) is 0.706. The van der Waals surface area contributed by atoms with E-state index in [2.05, 4.69) is 15.2 Å². The first kappa shape index (κ1) is 18.4. The van der Waals surface area contributed by atoms with Crippen LogP contribution in [-0.4, -0.2) is 52.8 Å². The Balaban J connectivity index is 1.91. The second kappa shape index (κ2) is 8.82. The number of amides is 1. The average molecular weight is 336 g/mol. The maximum Gasteiger partial charge on any atom is 0.306 e. The predicted molar refractivity (Wildman–Crippen MR) is 91.7 cm³/mol. The molecule has 0 saturated heterocycles. The molecule has 0 spiro atoms. The van der Waals surface area contributed by atoms with Crippen LogP contribution in [0.2, 0.25) is 0 Å². The van der Waals surface area contributed by atoms with Gasteiger partial charge in [-0.05, 0) is 26.7 Å². The minimum atomic E-state index is -0.264. The Hall–Kier alpha value is -1.89. The minimum Gasteiger partial charge on any atom is -0.469 e. The van der Waals surface area contributed by atoms with E-state index in [4.69, 9.17) is 0 Å². The Labute approximate surface area is 143 Å². The average Bonchev–Trinajstić information content (AvgIpc) is 3.21. The number of aromatic nitrogens is 2. The summed E-state index contributed by atoms with van der Waals surface area (Å²) in [4.78, 5) is 25.7. The van der Waals surface area contributed by atoms with Gasteiger partial charge in [0.25, 0.3) is 0 Å². The number of ether oxygens (including phenoxy) is 1. The van der Waals surface area contributed by atoms with Crippen LogP contribution in [0.3, 0.4) is 0 Å². The lowest BCUT2D eigenvalue weighted by Gasteiger charge is -2.25. The summed E-state index contributed by atoms with van der Waals surface area (Å²) in [5.41, 5.74) is 0. The molecule has 0 atom stereocenters. The molecular weight excluding hydrogens is 308 g/mol. The summed E-state index contributed by atoms with van der Waals surface area (Å²) >= 11 is 0. The van der Waals surface area contributed by atoms with E-state index in [0.717, 1.165) is 18.7 Å². The van der Waals surface area contributed by atoms with E-state index in [1.54, 1.807) is 6.20 Å². The van der Waals surface area contributed by atoms with Crippen LogP contribution in [0.1, 0.15) is 52.0 Å². The molecule has 2 rings (SSSR count). The first-order chi connectivity index (χ1) is 11.5. The molecule has 0 radical (unpaired) electrons. The smallest absolute Gasteiger partial charge is 0.306 e. The lowest BCUT2D eigenvalue weighted by Crippen LogP contribution is -2.39. The van der Waals surface area contributed by atoms with Crippen molar-refractivity contribution in [1.82, 2.24) is 14.7 Å². The first-order valence-corrected chi connectivity index (χ1v) is 8.65. The highest BCUT2D eigenvalue weighted by Gasteiger charge is 2.21. The van der Waals surface area contributed by atoms with Crippen LogP contribution in [0, 0.1) is 0 Å². The lowest BCUT2D eigenvalue weighted by molar-refractivity contribution is -0.141. The van der Waals surface area contributed by atoms with Crippen molar-refractivity contribution in [2.45, 2.75) is 58.0 Å². The number of rotatable bonds is 8. The molecule has 134 valence electrons. The maximum absolute atomic E-state index is 12.4. The SMILES string of the molecule is COC(=O)CCN(CC(=O)Nc1ccnn1C1CCCC1)C(C)C. The summed E-state index contributed by atoms with van der Waals surface area (Å²) in [6.45, 7) is 4.75. The van der Waals surface area contributed by atoms with Gasteiger partial charge in [0.15, 0.2) is 0 Å². The minimum absolute atomic E-state index is 0.0895.